The lowest BCUT2D eigenvalue weighted by atomic mass is 10.2. The zero-order valence-electron chi connectivity index (χ0n) is 25.1. The molecule has 0 heterocycles. The number of esters is 4. The van der Waals surface area contributed by atoms with Crippen molar-refractivity contribution in [3.63, 3.8) is 0 Å². The molecule has 45 heavy (non-hydrogen) atoms. The Morgan fingerprint density at radius 2 is 1.04 bits per heavy atom. The molecular formula is C35H32O10. The van der Waals surface area contributed by atoms with Crippen molar-refractivity contribution in [2.75, 3.05) is 13.6 Å². The van der Waals surface area contributed by atoms with Gasteiger partial charge in [0.2, 0.25) is 13.6 Å². The van der Waals surface area contributed by atoms with E-state index in [1.54, 1.807) is 87.5 Å². The van der Waals surface area contributed by atoms with Gasteiger partial charge in [-0.3, -0.25) is 0 Å². The molecule has 10 nitrogen and oxygen atoms in total. The van der Waals surface area contributed by atoms with Gasteiger partial charge in [-0.15, -0.1) is 0 Å². The molecule has 0 fully saturated rings. The van der Waals surface area contributed by atoms with Crippen LogP contribution in [0.2, 0.25) is 0 Å². The number of rotatable bonds is 14. The average molecular weight is 613 g/mol. The minimum atomic E-state index is -0.599. The van der Waals surface area contributed by atoms with Crippen LogP contribution < -0.4 is 18.9 Å². The molecule has 0 bridgehead atoms. The molecule has 0 amide bonds. The van der Waals surface area contributed by atoms with Crippen LogP contribution in [0.5, 0.6) is 23.0 Å². The minimum absolute atomic E-state index is 0.244. The van der Waals surface area contributed by atoms with Crippen LogP contribution in [-0.4, -0.2) is 37.5 Å². The highest BCUT2D eigenvalue weighted by atomic mass is 16.7. The van der Waals surface area contributed by atoms with E-state index >= 15 is 0 Å². The van der Waals surface area contributed by atoms with Crippen molar-refractivity contribution in [2.45, 2.75) is 20.8 Å². The van der Waals surface area contributed by atoms with Crippen LogP contribution in [0.3, 0.4) is 0 Å². The van der Waals surface area contributed by atoms with Gasteiger partial charge in [-0.2, -0.15) is 0 Å². The summed E-state index contributed by atoms with van der Waals surface area (Å²) < 4.78 is 31.2. The summed E-state index contributed by atoms with van der Waals surface area (Å²) in [4.78, 5) is 47.4. The molecule has 3 rings (SSSR count). The second-order valence-corrected chi connectivity index (χ2v) is 9.52. The van der Waals surface area contributed by atoms with Gasteiger partial charge >= 0.3 is 23.9 Å². The summed E-state index contributed by atoms with van der Waals surface area (Å²) in [6, 6.07) is 18.2. The number of ether oxygens (including phenoxy) is 6. The highest BCUT2D eigenvalue weighted by molar-refractivity contribution is 5.90. The number of carbonyl (C=O) groups is 4. The van der Waals surface area contributed by atoms with Gasteiger partial charge in [0.1, 0.15) is 23.0 Å². The fourth-order valence-corrected chi connectivity index (χ4v) is 3.32. The van der Waals surface area contributed by atoms with E-state index in [-0.39, 0.29) is 30.5 Å². The van der Waals surface area contributed by atoms with Gasteiger partial charge in [-0.05, 0) is 92.1 Å². The first-order chi connectivity index (χ1) is 21.5. The minimum Gasteiger partial charge on any atom is -0.457 e. The van der Waals surface area contributed by atoms with Crippen LogP contribution >= 0.6 is 0 Å². The second kappa shape index (κ2) is 16.7. The third kappa shape index (κ3) is 11.7. The number of aryl methyl sites for hydroxylation is 1. The van der Waals surface area contributed by atoms with Crippen LogP contribution in [0.4, 0.5) is 0 Å². The van der Waals surface area contributed by atoms with Crippen LogP contribution in [0.1, 0.15) is 30.5 Å². The summed E-state index contributed by atoms with van der Waals surface area (Å²) in [7, 11) is 0. The number of carbonyl (C=O) groups excluding carboxylic acids is 4. The highest BCUT2D eigenvalue weighted by Crippen LogP contribution is 2.24. The van der Waals surface area contributed by atoms with Gasteiger partial charge in [-0.25, -0.2) is 19.2 Å². The van der Waals surface area contributed by atoms with E-state index in [2.05, 4.69) is 13.2 Å². The lowest BCUT2D eigenvalue weighted by Crippen LogP contribution is -2.10. The second-order valence-electron chi connectivity index (χ2n) is 9.52. The van der Waals surface area contributed by atoms with E-state index in [9.17, 15) is 19.2 Å². The van der Waals surface area contributed by atoms with Gasteiger partial charge in [-0.1, -0.05) is 37.4 Å². The van der Waals surface area contributed by atoms with Gasteiger partial charge in [0.05, 0.1) is 0 Å². The predicted octanol–water partition coefficient (Wildman–Crippen LogP) is 6.14. The molecule has 3 aromatic carbocycles. The summed E-state index contributed by atoms with van der Waals surface area (Å²) in [6.07, 6.45) is 5.70. The largest absolute Gasteiger partial charge is 0.457 e. The molecule has 3 aromatic rings. The maximum atomic E-state index is 12.4. The van der Waals surface area contributed by atoms with Crippen molar-refractivity contribution in [3.05, 3.63) is 120 Å². The normalized spacial score (nSPS) is 10.6. The number of hydrogen-bond acceptors (Lipinski definition) is 10. The Kier molecular flexibility index (Phi) is 12.4. The Morgan fingerprint density at radius 1 is 0.622 bits per heavy atom. The molecule has 0 spiro atoms. The van der Waals surface area contributed by atoms with Crippen LogP contribution in [0, 0.1) is 6.92 Å². The Bertz CT molecular complexity index is 1610. The van der Waals surface area contributed by atoms with Gasteiger partial charge in [0.15, 0.2) is 0 Å². The molecule has 0 saturated carbocycles. The van der Waals surface area contributed by atoms with Crippen LogP contribution in [0.15, 0.2) is 103 Å². The molecule has 0 atom stereocenters. The fraction of sp³-hybridized carbons (Fsp3) is 0.143. The molecule has 0 aliphatic heterocycles. The molecule has 0 aliphatic rings. The molecule has 10 heteroatoms. The smallest absolute Gasteiger partial charge is 0.336 e. The molecule has 0 unspecified atom stereocenters. The molecule has 0 aliphatic carbocycles. The number of hydrogen-bond donors (Lipinski definition) is 0. The van der Waals surface area contributed by atoms with E-state index in [1.807, 2.05) is 0 Å². The molecular weight excluding hydrogens is 580 g/mol. The lowest BCUT2D eigenvalue weighted by Gasteiger charge is -2.08. The molecule has 0 saturated heterocycles. The average Bonchev–Trinajstić information content (AvgIpc) is 3.01. The molecule has 0 radical (unpaired) electrons. The van der Waals surface area contributed by atoms with Gasteiger partial charge in [0.25, 0.3) is 0 Å². The first-order valence-electron chi connectivity index (χ1n) is 13.5. The zero-order chi connectivity index (χ0) is 32.8. The van der Waals surface area contributed by atoms with Crippen LogP contribution in [-0.2, 0) is 28.7 Å². The Balaban J connectivity index is 1.45. The van der Waals surface area contributed by atoms with E-state index in [4.69, 9.17) is 28.4 Å². The van der Waals surface area contributed by atoms with E-state index in [0.717, 1.165) is 11.1 Å². The summed E-state index contributed by atoms with van der Waals surface area (Å²) in [6.45, 7) is 11.3. The lowest BCUT2D eigenvalue weighted by molar-refractivity contribution is -0.146. The molecule has 0 aromatic heterocycles. The van der Waals surface area contributed by atoms with Crippen molar-refractivity contribution < 1.29 is 47.6 Å². The first kappa shape index (κ1) is 33.6. The third-order valence-electron chi connectivity index (χ3n) is 5.69. The first-order valence-corrected chi connectivity index (χ1v) is 13.5. The van der Waals surface area contributed by atoms with E-state index < -0.39 is 23.9 Å². The monoisotopic (exact) mass is 612 g/mol. The van der Waals surface area contributed by atoms with Crippen molar-refractivity contribution in [1.29, 1.82) is 0 Å². The topological polar surface area (TPSA) is 124 Å². The Labute approximate surface area is 260 Å². The van der Waals surface area contributed by atoms with Crippen molar-refractivity contribution in [3.8, 4) is 23.0 Å². The van der Waals surface area contributed by atoms with Crippen molar-refractivity contribution >= 4 is 36.0 Å². The fourth-order valence-electron chi connectivity index (χ4n) is 3.32. The van der Waals surface area contributed by atoms with Crippen molar-refractivity contribution in [2.24, 2.45) is 0 Å². The van der Waals surface area contributed by atoms with Crippen LogP contribution in [0.25, 0.3) is 12.2 Å². The quantitative estimate of drug-likeness (QED) is 0.0907. The maximum absolute atomic E-state index is 12.4. The standard InChI is InChI=1S/C35H32O10/c1-23(2)34(38)42-21-40-28-12-6-26(7-13-28)10-18-32(36)44-30-16-17-31(25(5)20-30)45-33(37)19-11-27-8-14-29(15-9-27)41-22-43-35(39)24(3)4/h6-20H,1,3,21-22H2,2,4-5H3. The summed E-state index contributed by atoms with van der Waals surface area (Å²) in [5.41, 5.74) is 2.58. The highest BCUT2D eigenvalue weighted by Gasteiger charge is 2.09. The zero-order valence-corrected chi connectivity index (χ0v) is 25.1. The summed E-state index contributed by atoms with van der Waals surface area (Å²) in [5, 5.41) is 0. The van der Waals surface area contributed by atoms with Crippen molar-refractivity contribution in [1.82, 2.24) is 0 Å². The molecule has 232 valence electrons. The SMILES string of the molecule is C=C(C)C(=O)OCOc1ccc(C=CC(=O)Oc2ccc(OC(=O)C=Cc3ccc(OCOC(=O)C(=C)C)cc3)c(C)c2)cc1. The molecule has 0 N–H and O–H groups in total. The number of benzene rings is 3. The van der Waals surface area contributed by atoms with E-state index in [1.165, 1.54) is 24.3 Å². The third-order valence-corrected chi connectivity index (χ3v) is 5.69. The summed E-state index contributed by atoms with van der Waals surface area (Å²) >= 11 is 0. The Hall–Kier alpha value is -5.90. The maximum Gasteiger partial charge on any atom is 0.336 e. The Morgan fingerprint density at radius 3 is 1.47 bits per heavy atom. The van der Waals surface area contributed by atoms with Gasteiger partial charge in [0, 0.05) is 23.3 Å². The van der Waals surface area contributed by atoms with Gasteiger partial charge < -0.3 is 28.4 Å². The predicted molar refractivity (Wildman–Crippen MR) is 166 cm³/mol. The van der Waals surface area contributed by atoms with E-state index in [0.29, 0.717) is 22.8 Å². The summed E-state index contributed by atoms with van der Waals surface area (Å²) in [5.74, 6) is -0.718.